The Bertz CT molecular complexity index is 433. The summed E-state index contributed by atoms with van der Waals surface area (Å²) in [6, 6.07) is 11.6. The van der Waals surface area contributed by atoms with Crippen molar-refractivity contribution in [1.29, 1.82) is 0 Å². The van der Waals surface area contributed by atoms with Gasteiger partial charge < -0.3 is 5.73 Å². The molecule has 0 bridgehead atoms. The van der Waals surface area contributed by atoms with Crippen LogP contribution in [0.15, 0.2) is 30.3 Å². The molecular formula is C18H29N3. The molecule has 0 atom stereocenters. The van der Waals surface area contributed by atoms with Crippen LogP contribution in [0.25, 0.3) is 0 Å². The first kappa shape index (κ1) is 15.0. The lowest BCUT2D eigenvalue weighted by Gasteiger charge is -2.48. The number of nitrogens with zero attached hydrogens (tertiary/aromatic N) is 2. The van der Waals surface area contributed by atoms with E-state index in [-0.39, 0.29) is 5.54 Å². The van der Waals surface area contributed by atoms with Crippen LogP contribution in [0.5, 0.6) is 0 Å². The van der Waals surface area contributed by atoms with Gasteiger partial charge in [-0.2, -0.15) is 0 Å². The maximum atomic E-state index is 6.22. The SMILES string of the molecule is CCN(C1CC1)C1(CN)CCN(Cc2ccccc2)CC1. The Hall–Kier alpha value is -0.900. The van der Waals surface area contributed by atoms with Gasteiger partial charge in [0.15, 0.2) is 0 Å². The summed E-state index contributed by atoms with van der Waals surface area (Å²) >= 11 is 0. The largest absolute Gasteiger partial charge is 0.329 e. The second kappa shape index (κ2) is 6.47. The topological polar surface area (TPSA) is 32.5 Å². The number of piperidine rings is 1. The quantitative estimate of drug-likeness (QED) is 0.872. The van der Waals surface area contributed by atoms with Gasteiger partial charge in [-0.3, -0.25) is 9.80 Å². The molecule has 0 amide bonds. The van der Waals surface area contributed by atoms with Crippen molar-refractivity contribution in [3.63, 3.8) is 0 Å². The van der Waals surface area contributed by atoms with E-state index in [1.54, 1.807) is 0 Å². The second-order valence-corrected chi connectivity index (χ2v) is 6.71. The zero-order valence-electron chi connectivity index (χ0n) is 13.3. The highest BCUT2D eigenvalue weighted by molar-refractivity contribution is 5.14. The third kappa shape index (κ3) is 3.31. The molecule has 116 valence electrons. The van der Waals surface area contributed by atoms with Crippen molar-refractivity contribution in [2.75, 3.05) is 26.2 Å². The van der Waals surface area contributed by atoms with Gasteiger partial charge in [-0.15, -0.1) is 0 Å². The molecule has 3 rings (SSSR count). The lowest BCUT2D eigenvalue weighted by atomic mass is 9.85. The number of likely N-dealkylation sites (N-methyl/N-ethyl adjacent to an activating group) is 1. The molecule has 2 aliphatic rings. The molecular weight excluding hydrogens is 258 g/mol. The third-order valence-electron chi connectivity index (χ3n) is 5.35. The van der Waals surface area contributed by atoms with E-state index in [9.17, 15) is 0 Å². The maximum Gasteiger partial charge on any atom is 0.0358 e. The molecule has 1 saturated heterocycles. The van der Waals surface area contributed by atoms with Gasteiger partial charge in [-0.25, -0.2) is 0 Å². The van der Waals surface area contributed by atoms with E-state index in [4.69, 9.17) is 5.73 Å². The fourth-order valence-corrected chi connectivity index (χ4v) is 3.94. The third-order valence-corrected chi connectivity index (χ3v) is 5.35. The Morgan fingerprint density at radius 3 is 2.38 bits per heavy atom. The Kier molecular flexibility index (Phi) is 4.63. The Morgan fingerprint density at radius 2 is 1.86 bits per heavy atom. The average Bonchev–Trinajstić information content (AvgIpc) is 3.36. The van der Waals surface area contributed by atoms with Crippen LogP contribution in [0.3, 0.4) is 0 Å². The van der Waals surface area contributed by atoms with Crippen molar-refractivity contribution in [3.8, 4) is 0 Å². The normalized spacial score (nSPS) is 22.6. The summed E-state index contributed by atoms with van der Waals surface area (Å²) in [7, 11) is 0. The predicted octanol–water partition coefficient (Wildman–Crippen LogP) is 2.46. The molecule has 3 nitrogen and oxygen atoms in total. The second-order valence-electron chi connectivity index (χ2n) is 6.71. The minimum atomic E-state index is 0.267. The van der Waals surface area contributed by atoms with Gasteiger partial charge in [0.25, 0.3) is 0 Å². The fourth-order valence-electron chi connectivity index (χ4n) is 3.94. The molecule has 0 spiro atoms. The van der Waals surface area contributed by atoms with Gasteiger partial charge in [-0.05, 0) is 37.8 Å². The first-order valence-corrected chi connectivity index (χ1v) is 8.50. The molecule has 0 radical (unpaired) electrons. The summed E-state index contributed by atoms with van der Waals surface area (Å²) in [5.41, 5.74) is 7.91. The van der Waals surface area contributed by atoms with Crippen molar-refractivity contribution in [2.45, 2.75) is 50.7 Å². The summed E-state index contributed by atoms with van der Waals surface area (Å²) in [4.78, 5) is 5.30. The number of likely N-dealkylation sites (tertiary alicyclic amines) is 1. The van der Waals surface area contributed by atoms with E-state index in [2.05, 4.69) is 47.1 Å². The molecule has 1 aromatic carbocycles. The number of benzene rings is 1. The minimum absolute atomic E-state index is 0.267. The summed E-state index contributed by atoms with van der Waals surface area (Å²) in [6.07, 6.45) is 5.20. The molecule has 2 fully saturated rings. The first-order chi connectivity index (χ1) is 10.3. The molecule has 1 heterocycles. The van der Waals surface area contributed by atoms with Crippen LogP contribution in [0.1, 0.15) is 38.2 Å². The number of rotatable bonds is 6. The van der Waals surface area contributed by atoms with Crippen molar-refractivity contribution < 1.29 is 0 Å². The van der Waals surface area contributed by atoms with Crippen LogP contribution in [0.4, 0.5) is 0 Å². The summed E-state index contributed by atoms with van der Waals surface area (Å²) in [5, 5.41) is 0. The summed E-state index contributed by atoms with van der Waals surface area (Å²) in [6.45, 7) is 7.70. The standard InChI is InChI=1S/C18H29N3/c1-2-21(17-8-9-17)18(15-19)10-12-20(13-11-18)14-16-6-4-3-5-7-16/h3-7,17H,2,8-15,19H2,1H3. The molecule has 0 unspecified atom stereocenters. The Labute approximate surface area is 129 Å². The molecule has 1 aromatic rings. The fraction of sp³-hybridized carbons (Fsp3) is 0.667. The molecule has 3 heteroatoms. The lowest BCUT2D eigenvalue weighted by Crippen LogP contribution is -2.60. The zero-order valence-corrected chi connectivity index (χ0v) is 13.3. The van der Waals surface area contributed by atoms with Gasteiger partial charge in [0.2, 0.25) is 0 Å². The van der Waals surface area contributed by atoms with Crippen LogP contribution in [0, 0.1) is 0 Å². The van der Waals surface area contributed by atoms with E-state index in [0.29, 0.717) is 0 Å². The van der Waals surface area contributed by atoms with Crippen molar-refractivity contribution >= 4 is 0 Å². The van der Waals surface area contributed by atoms with E-state index >= 15 is 0 Å². The van der Waals surface area contributed by atoms with E-state index in [1.165, 1.54) is 44.3 Å². The maximum absolute atomic E-state index is 6.22. The van der Waals surface area contributed by atoms with Crippen molar-refractivity contribution in [3.05, 3.63) is 35.9 Å². The number of hydrogen-bond donors (Lipinski definition) is 1. The molecule has 2 N–H and O–H groups in total. The van der Waals surface area contributed by atoms with Gasteiger partial charge in [-0.1, -0.05) is 37.3 Å². The van der Waals surface area contributed by atoms with Crippen LogP contribution in [-0.2, 0) is 6.54 Å². The van der Waals surface area contributed by atoms with Gasteiger partial charge in [0.1, 0.15) is 0 Å². The predicted molar refractivity (Wildman–Crippen MR) is 88.1 cm³/mol. The number of hydrogen-bond acceptors (Lipinski definition) is 3. The van der Waals surface area contributed by atoms with E-state index in [1.807, 2.05) is 0 Å². The smallest absolute Gasteiger partial charge is 0.0358 e. The monoisotopic (exact) mass is 287 g/mol. The molecule has 0 aromatic heterocycles. The van der Waals surface area contributed by atoms with Crippen LogP contribution in [-0.4, -0.2) is 47.6 Å². The highest BCUT2D eigenvalue weighted by Crippen LogP contribution is 2.37. The Morgan fingerprint density at radius 1 is 1.19 bits per heavy atom. The molecule has 1 aliphatic carbocycles. The summed E-state index contributed by atoms with van der Waals surface area (Å²) < 4.78 is 0. The van der Waals surface area contributed by atoms with Crippen molar-refractivity contribution in [2.24, 2.45) is 5.73 Å². The molecule has 21 heavy (non-hydrogen) atoms. The highest BCUT2D eigenvalue weighted by atomic mass is 15.3. The van der Waals surface area contributed by atoms with Gasteiger partial charge in [0.05, 0.1) is 0 Å². The first-order valence-electron chi connectivity index (χ1n) is 8.50. The summed E-state index contributed by atoms with van der Waals surface area (Å²) in [5.74, 6) is 0. The zero-order chi connectivity index (χ0) is 14.7. The lowest BCUT2D eigenvalue weighted by molar-refractivity contribution is 0.0219. The molecule has 1 aliphatic heterocycles. The average molecular weight is 287 g/mol. The van der Waals surface area contributed by atoms with Crippen LogP contribution >= 0.6 is 0 Å². The van der Waals surface area contributed by atoms with E-state index in [0.717, 1.165) is 25.7 Å². The highest BCUT2D eigenvalue weighted by Gasteiger charge is 2.44. The van der Waals surface area contributed by atoms with Crippen LogP contribution < -0.4 is 5.73 Å². The van der Waals surface area contributed by atoms with Crippen LogP contribution in [0.2, 0.25) is 0 Å². The minimum Gasteiger partial charge on any atom is -0.329 e. The van der Waals surface area contributed by atoms with Gasteiger partial charge in [0, 0.05) is 37.8 Å². The van der Waals surface area contributed by atoms with Gasteiger partial charge >= 0.3 is 0 Å². The molecule has 1 saturated carbocycles. The Balaban J connectivity index is 1.60. The number of nitrogens with two attached hydrogens (primary N) is 1. The van der Waals surface area contributed by atoms with E-state index < -0.39 is 0 Å². The van der Waals surface area contributed by atoms with Crippen molar-refractivity contribution in [1.82, 2.24) is 9.80 Å².